The maximum Gasteiger partial charge on any atom is 0.335 e. The van der Waals surface area contributed by atoms with Gasteiger partial charge < -0.3 is 10.1 Å². The molecular formula is C24H16Cl2N2O2. The monoisotopic (exact) mass is 434 g/mol. The highest BCUT2D eigenvalue weighted by molar-refractivity contribution is 6.36. The maximum atomic E-state index is 11.0. The molecule has 4 nitrogen and oxygen atoms in total. The van der Waals surface area contributed by atoms with Crippen molar-refractivity contribution in [1.82, 2.24) is 9.97 Å². The number of nitrogens with zero attached hydrogens (tertiary/aromatic N) is 1. The normalized spacial score (nSPS) is 11.1. The first kappa shape index (κ1) is 20.0. The largest absolute Gasteiger partial charge is 0.478 e. The molecule has 0 radical (unpaired) electrons. The predicted molar refractivity (Wildman–Crippen MR) is 122 cm³/mol. The quantitative estimate of drug-likeness (QED) is 0.358. The highest BCUT2D eigenvalue weighted by atomic mass is 35.5. The second-order valence-electron chi connectivity index (χ2n) is 6.64. The van der Waals surface area contributed by atoms with E-state index in [4.69, 9.17) is 28.3 Å². The number of aromatic nitrogens is 2. The number of rotatable bonds is 5. The number of carboxylic acid groups (broad SMARTS) is 1. The molecule has 0 aliphatic heterocycles. The zero-order valence-corrected chi connectivity index (χ0v) is 17.2. The fraction of sp³-hybridized carbons (Fsp3) is 0. The van der Waals surface area contributed by atoms with E-state index >= 15 is 0 Å². The third kappa shape index (κ3) is 4.46. The van der Waals surface area contributed by atoms with Crippen molar-refractivity contribution in [2.45, 2.75) is 0 Å². The van der Waals surface area contributed by atoms with Crippen LogP contribution in [0.2, 0.25) is 10.0 Å². The number of carbonyl (C=O) groups is 1. The summed E-state index contributed by atoms with van der Waals surface area (Å²) in [5.41, 5.74) is 4.93. The van der Waals surface area contributed by atoms with Crippen molar-refractivity contribution in [2.24, 2.45) is 0 Å². The van der Waals surface area contributed by atoms with E-state index in [1.807, 2.05) is 42.5 Å². The summed E-state index contributed by atoms with van der Waals surface area (Å²) in [7, 11) is 0. The first-order chi connectivity index (χ1) is 14.5. The lowest BCUT2D eigenvalue weighted by atomic mass is 10.0. The van der Waals surface area contributed by atoms with Crippen molar-refractivity contribution >= 4 is 41.3 Å². The Labute approximate surface area is 183 Å². The fourth-order valence-electron chi connectivity index (χ4n) is 3.03. The Morgan fingerprint density at radius 1 is 0.900 bits per heavy atom. The maximum absolute atomic E-state index is 11.0. The molecule has 0 aliphatic rings. The van der Waals surface area contributed by atoms with E-state index in [9.17, 15) is 4.79 Å². The van der Waals surface area contributed by atoms with Crippen molar-refractivity contribution in [2.75, 3.05) is 0 Å². The molecule has 148 valence electrons. The van der Waals surface area contributed by atoms with Crippen LogP contribution in [0.5, 0.6) is 0 Å². The summed E-state index contributed by atoms with van der Waals surface area (Å²) >= 11 is 12.2. The topological polar surface area (TPSA) is 66.0 Å². The summed E-state index contributed by atoms with van der Waals surface area (Å²) in [5, 5.41) is 10.2. The summed E-state index contributed by atoms with van der Waals surface area (Å²) in [4.78, 5) is 18.6. The van der Waals surface area contributed by atoms with Gasteiger partial charge in [0.25, 0.3) is 0 Å². The number of benzene rings is 3. The van der Waals surface area contributed by atoms with Gasteiger partial charge in [0, 0.05) is 10.6 Å². The van der Waals surface area contributed by atoms with Crippen LogP contribution in [0.3, 0.4) is 0 Å². The average molecular weight is 435 g/mol. The smallest absolute Gasteiger partial charge is 0.335 e. The summed E-state index contributed by atoms with van der Waals surface area (Å²) in [6.07, 6.45) is 5.59. The van der Waals surface area contributed by atoms with E-state index in [2.05, 4.69) is 9.97 Å². The van der Waals surface area contributed by atoms with Gasteiger partial charge in [-0.05, 0) is 53.1 Å². The van der Waals surface area contributed by atoms with Crippen LogP contribution in [0, 0.1) is 0 Å². The molecule has 0 saturated heterocycles. The van der Waals surface area contributed by atoms with Gasteiger partial charge in [-0.2, -0.15) is 0 Å². The molecule has 4 rings (SSSR count). The summed E-state index contributed by atoms with van der Waals surface area (Å²) in [6.45, 7) is 0. The number of aromatic amines is 1. The molecule has 6 heteroatoms. The van der Waals surface area contributed by atoms with Crippen molar-refractivity contribution < 1.29 is 9.90 Å². The van der Waals surface area contributed by atoms with Crippen LogP contribution in [-0.4, -0.2) is 21.0 Å². The minimum Gasteiger partial charge on any atom is -0.478 e. The number of hydrogen-bond acceptors (Lipinski definition) is 2. The Bertz CT molecular complexity index is 1230. The van der Waals surface area contributed by atoms with Crippen LogP contribution in [0.4, 0.5) is 0 Å². The van der Waals surface area contributed by atoms with Gasteiger partial charge >= 0.3 is 5.97 Å². The first-order valence-corrected chi connectivity index (χ1v) is 9.87. The minimum atomic E-state index is -0.929. The third-order valence-electron chi connectivity index (χ3n) is 4.63. The first-order valence-electron chi connectivity index (χ1n) is 9.12. The molecule has 0 saturated carbocycles. The highest BCUT2D eigenvalue weighted by Gasteiger charge is 2.07. The summed E-state index contributed by atoms with van der Waals surface area (Å²) in [5.74, 6) is -0.217. The van der Waals surface area contributed by atoms with Gasteiger partial charge in [0.1, 0.15) is 5.82 Å². The van der Waals surface area contributed by atoms with Crippen molar-refractivity contribution in [3.8, 4) is 22.4 Å². The Kier molecular flexibility index (Phi) is 5.70. The van der Waals surface area contributed by atoms with Gasteiger partial charge in [-0.25, -0.2) is 9.78 Å². The molecule has 3 aromatic carbocycles. The number of imidazole rings is 1. The molecule has 2 N–H and O–H groups in total. The average Bonchev–Trinajstić information content (AvgIpc) is 3.21. The molecule has 0 unspecified atom stereocenters. The van der Waals surface area contributed by atoms with Gasteiger partial charge in [0.15, 0.2) is 0 Å². The number of carboxylic acids is 1. The Hall–Kier alpha value is -3.34. The van der Waals surface area contributed by atoms with Crippen LogP contribution in [-0.2, 0) is 0 Å². The lowest BCUT2D eigenvalue weighted by molar-refractivity contribution is 0.0697. The van der Waals surface area contributed by atoms with Crippen molar-refractivity contribution in [3.63, 3.8) is 0 Å². The van der Waals surface area contributed by atoms with Crippen molar-refractivity contribution in [3.05, 3.63) is 99.9 Å². The third-order valence-corrected chi connectivity index (χ3v) is 5.17. The predicted octanol–water partition coefficient (Wildman–Crippen LogP) is 6.92. The Morgan fingerprint density at radius 3 is 2.20 bits per heavy atom. The van der Waals surface area contributed by atoms with Gasteiger partial charge in [-0.1, -0.05) is 65.7 Å². The second-order valence-corrected chi connectivity index (χ2v) is 7.49. The van der Waals surface area contributed by atoms with E-state index in [0.717, 1.165) is 27.9 Å². The van der Waals surface area contributed by atoms with Gasteiger partial charge in [0.2, 0.25) is 0 Å². The number of aromatic carboxylic acids is 1. The van der Waals surface area contributed by atoms with Crippen LogP contribution < -0.4 is 0 Å². The summed E-state index contributed by atoms with van der Waals surface area (Å²) in [6, 6.07) is 20.1. The fourth-order valence-corrected chi connectivity index (χ4v) is 3.54. The zero-order chi connectivity index (χ0) is 21.1. The van der Waals surface area contributed by atoms with E-state index in [1.165, 1.54) is 0 Å². The van der Waals surface area contributed by atoms with Crippen LogP contribution in [0.25, 0.3) is 34.5 Å². The number of halogens is 2. The molecule has 0 atom stereocenters. The molecule has 0 aliphatic carbocycles. The highest BCUT2D eigenvalue weighted by Crippen LogP contribution is 2.29. The van der Waals surface area contributed by atoms with E-state index in [1.54, 1.807) is 42.6 Å². The molecule has 0 spiro atoms. The molecule has 0 amide bonds. The summed E-state index contributed by atoms with van der Waals surface area (Å²) < 4.78 is 0. The second kappa shape index (κ2) is 8.57. The Balaban J connectivity index is 1.48. The van der Waals surface area contributed by atoms with E-state index < -0.39 is 5.97 Å². The van der Waals surface area contributed by atoms with Crippen LogP contribution in [0.15, 0.2) is 72.9 Å². The molecular weight excluding hydrogens is 419 g/mol. The number of H-pyrrole nitrogens is 1. The van der Waals surface area contributed by atoms with Crippen LogP contribution >= 0.6 is 23.2 Å². The standard InChI is InChI=1S/C24H16Cl2N2O2/c25-19-10-11-20(21(26)13-19)22-14-27-23(28-22)12-3-15-1-4-16(5-2-15)17-6-8-18(9-7-17)24(29)30/h1-14H,(H,27,28)(H,29,30). The minimum absolute atomic E-state index is 0.274. The molecule has 30 heavy (non-hydrogen) atoms. The van der Waals surface area contributed by atoms with Crippen molar-refractivity contribution in [1.29, 1.82) is 0 Å². The van der Waals surface area contributed by atoms with E-state index in [0.29, 0.717) is 15.9 Å². The van der Waals surface area contributed by atoms with Gasteiger partial charge in [0.05, 0.1) is 22.5 Å². The lowest BCUT2D eigenvalue weighted by Gasteiger charge is -2.03. The molecule has 4 aromatic rings. The molecule has 1 aromatic heterocycles. The molecule has 0 bridgehead atoms. The zero-order valence-electron chi connectivity index (χ0n) is 15.6. The molecule has 0 fully saturated rings. The van der Waals surface area contributed by atoms with Gasteiger partial charge in [-0.15, -0.1) is 0 Å². The number of hydrogen-bond donors (Lipinski definition) is 2. The molecule has 1 heterocycles. The Morgan fingerprint density at radius 2 is 1.57 bits per heavy atom. The lowest BCUT2D eigenvalue weighted by Crippen LogP contribution is -1.94. The van der Waals surface area contributed by atoms with Crippen LogP contribution in [0.1, 0.15) is 21.7 Å². The van der Waals surface area contributed by atoms with Gasteiger partial charge in [-0.3, -0.25) is 0 Å². The SMILES string of the molecule is O=C(O)c1ccc(-c2ccc(C=Cc3ncc(-c4ccc(Cl)cc4Cl)[nH]3)cc2)cc1. The number of nitrogens with one attached hydrogen (secondary N) is 1. The van der Waals surface area contributed by atoms with E-state index in [-0.39, 0.29) is 5.56 Å².